The van der Waals surface area contributed by atoms with Crippen LogP contribution in [0.5, 0.6) is 0 Å². The number of amidine groups is 1. The lowest BCUT2D eigenvalue weighted by Crippen LogP contribution is -2.50. The van der Waals surface area contributed by atoms with Gasteiger partial charge in [-0.25, -0.2) is 8.42 Å². The minimum atomic E-state index is -3.97. The average molecular weight is 533 g/mol. The third-order valence-electron chi connectivity index (χ3n) is 6.81. The number of aryl methyl sites for hydroxylation is 1. The van der Waals surface area contributed by atoms with E-state index in [0.29, 0.717) is 18.9 Å². The molecule has 2 aliphatic heterocycles. The number of piperidine rings is 1. The van der Waals surface area contributed by atoms with Crippen LogP contribution >= 0.6 is 0 Å². The molecule has 0 saturated carbocycles. The molecule has 36 heavy (non-hydrogen) atoms. The van der Waals surface area contributed by atoms with Crippen LogP contribution in [0.1, 0.15) is 38.7 Å². The molecule has 0 N–H and O–H groups in total. The predicted octanol–water partition coefficient (Wildman–Crippen LogP) is 3.56. The zero-order valence-electron chi connectivity index (χ0n) is 21.2. The molecule has 2 aromatic rings. The molecular weight excluding hydrogens is 496 g/mol. The largest absolute Gasteiger partial charge is 0.340 e. The Hall–Kier alpha value is -2.27. The molecule has 2 saturated heterocycles. The van der Waals surface area contributed by atoms with E-state index in [-0.39, 0.29) is 22.3 Å². The standard InChI is InChI=1S/C26H36N4O4S2/c1-21(2)26-29(18-19-30(26)36(33,34)24-10-6-4-7-11-24)25(20-28-16-8-5-9-17-28)27-35(31,32)23-14-12-22(3)13-15-23/h4,6-7,10-15,21,26H,5,8-9,16-20H2,1-3H3/b27-25-. The molecule has 0 bridgehead atoms. The molecule has 10 heteroatoms. The summed E-state index contributed by atoms with van der Waals surface area (Å²) in [5.41, 5.74) is 0.965. The molecule has 4 rings (SSSR count). The van der Waals surface area contributed by atoms with E-state index in [1.165, 1.54) is 4.31 Å². The minimum Gasteiger partial charge on any atom is -0.340 e. The molecule has 2 aromatic carbocycles. The number of nitrogens with zero attached hydrogens (tertiary/aromatic N) is 4. The first kappa shape index (κ1) is 26.8. The van der Waals surface area contributed by atoms with E-state index in [1.807, 2.05) is 25.7 Å². The summed E-state index contributed by atoms with van der Waals surface area (Å²) in [5, 5.41) is 0. The molecule has 8 nitrogen and oxygen atoms in total. The van der Waals surface area contributed by atoms with Crippen LogP contribution in [0.4, 0.5) is 0 Å². The quantitative estimate of drug-likeness (QED) is 0.400. The van der Waals surface area contributed by atoms with Crippen molar-refractivity contribution in [1.82, 2.24) is 14.1 Å². The van der Waals surface area contributed by atoms with E-state index < -0.39 is 26.2 Å². The lowest BCUT2D eigenvalue weighted by Gasteiger charge is -2.36. The number of hydrogen-bond donors (Lipinski definition) is 0. The normalized spacial score (nSPS) is 20.8. The summed E-state index contributed by atoms with van der Waals surface area (Å²) in [7, 11) is -7.73. The van der Waals surface area contributed by atoms with Crippen molar-refractivity contribution in [1.29, 1.82) is 0 Å². The molecule has 0 spiro atoms. The first-order chi connectivity index (χ1) is 17.1. The zero-order valence-corrected chi connectivity index (χ0v) is 22.9. The summed E-state index contributed by atoms with van der Waals surface area (Å²) in [6.07, 6.45) is 2.73. The van der Waals surface area contributed by atoms with Crippen LogP contribution in [-0.4, -0.2) is 75.7 Å². The molecule has 1 atom stereocenters. The highest BCUT2D eigenvalue weighted by Crippen LogP contribution is 2.30. The van der Waals surface area contributed by atoms with Crippen LogP contribution < -0.4 is 0 Å². The van der Waals surface area contributed by atoms with Gasteiger partial charge in [-0.05, 0) is 63.0 Å². The Morgan fingerprint density at radius 1 is 0.861 bits per heavy atom. The molecule has 0 aromatic heterocycles. The van der Waals surface area contributed by atoms with Crippen LogP contribution in [0, 0.1) is 12.8 Å². The van der Waals surface area contributed by atoms with E-state index in [2.05, 4.69) is 9.30 Å². The number of hydrogen-bond acceptors (Lipinski definition) is 5. The van der Waals surface area contributed by atoms with Gasteiger partial charge < -0.3 is 4.90 Å². The molecule has 1 unspecified atom stereocenters. The first-order valence-electron chi connectivity index (χ1n) is 12.6. The second kappa shape index (κ2) is 11.0. The molecular formula is C26H36N4O4S2. The van der Waals surface area contributed by atoms with Crippen LogP contribution in [0.25, 0.3) is 0 Å². The fourth-order valence-electron chi connectivity index (χ4n) is 4.98. The van der Waals surface area contributed by atoms with E-state index in [9.17, 15) is 16.8 Å². The Labute approximate surface area is 215 Å². The number of benzene rings is 2. The highest BCUT2D eigenvalue weighted by molar-refractivity contribution is 7.90. The molecule has 0 amide bonds. The Bertz CT molecular complexity index is 1270. The second-order valence-corrected chi connectivity index (χ2v) is 13.4. The van der Waals surface area contributed by atoms with Gasteiger partial charge in [0.05, 0.1) is 22.5 Å². The summed E-state index contributed by atoms with van der Waals surface area (Å²) in [5.74, 6) is 0.321. The fraction of sp³-hybridized carbons (Fsp3) is 0.500. The van der Waals surface area contributed by atoms with Crippen molar-refractivity contribution in [2.45, 2.75) is 56.0 Å². The van der Waals surface area contributed by atoms with Gasteiger partial charge in [-0.3, -0.25) is 4.90 Å². The van der Waals surface area contributed by atoms with Gasteiger partial charge in [-0.15, -0.1) is 4.40 Å². The minimum absolute atomic E-state index is 0.0837. The second-order valence-electron chi connectivity index (χ2n) is 9.91. The van der Waals surface area contributed by atoms with Crippen molar-refractivity contribution in [2.75, 3.05) is 32.7 Å². The van der Waals surface area contributed by atoms with Gasteiger partial charge in [0.15, 0.2) is 0 Å². The smallest absolute Gasteiger partial charge is 0.283 e. The summed E-state index contributed by atoms with van der Waals surface area (Å²) in [4.78, 5) is 4.49. The third-order valence-corrected chi connectivity index (χ3v) is 10.0. The Morgan fingerprint density at radius 3 is 2.11 bits per heavy atom. The first-order valence-corrected chi connectivity index (χ1v) is 15.4. The van der Waals surface area contributed by atoms with Crippen LogP contribution in [-0.2, 0) is 20.0 Å². The lowest BCUT2D eigenvalue weighted by molar-refractivity contribution is 0.197. The van der Waals surface area contributed by atoms with Gasteiger partial charge >= 0.3 is 0 Å². The third kappa shape index (κ3) is 5.82. The maximum Gasteiger partial charge on any atom is 0.283 e. The van der Waals surface area contributed by atoms with E-state index in [4.69, 9.17) is 0 Å². The summed E-state index contributed by atoms with van der Waals surface area (Å²) in [6.45, 7) is 8.58. The Balaban J connectivity index is 1.73. The van der Waals surface area contributed by atoms with Crippen molar-refractivity contribution >= 4 is 25.9 Å². The van der Waals surface area contributed by atoms with Crippen LogP contribution in [0.2, 0.25) is 0 Å². The average Bonchev–Trinajstić information content (AvgIpc) is 3.32. The SMILES string of the molecule is Cc1ccc(S(=O)(=O)/N=C(/CN2CCCCC2)N2CCN(S(=O)(=O)c3ccccc3)C2C(C)C)cc1. The number of sulfonamides is 2. The predicted molar refractivity (Wildman–Crippen MR) is 142 cm³/mol. The van der Waals surface area contributed by atoms with Crippen molar-refractivity contribution in [3.8, 4) is 0 Å². The fourth-order valence-corrected chi connectivity index (χ4v) is 7.74. The van der Waals surface area contributed by atoms with E-state index in [0.717, 1.165) is 37.9 Å². The zero-order chi connectivity index (χ0) is 25.9. The van der Waals surface area contributed by atoms with Gasteiger partial charge in [-0.2, -0.15) is 12.7 Å². The van der Waals surface area contributed by atoms with E-state index in [1.54, 1.807) is 54.6 Å². The molecule has 2 fully saturated rings. The van der Waals surface area contributed by atoms with Crippen molar-refractivity contribution in [3.63, 3.8) is 0 Å². The van der Waals surface area contributed by atoms with Gasteiger partial charge in [0.1, 0.15) is 5.84 Å². The number of likely N-dealkylation sites (tertiary alicyclic amines) is 1. The van der Waals surface area contributed by atoms with Crippen LogP contribution in [0.15, 0.2) is 68.8 Å². The molecule has 196 valence electrons. The highest BCUT2D eigenvalue weighted by atomic mass is 32.2. The van der Waals surface area contributed by atoms with E-state index >= 15 is 0 Å². The Morgan fingerprint density at radius 2 is 1.50 bits per heavy atom. The maximum absolute atomic E-state index is 13.6. The monoisotopic (exact) mass is 532 g/mol. The summed E-state index contributed by atoms with van der Waals surface area (Å²) < 4.78 is 59.7. The van der Waals surface area contributed by atoms with Crippen LogP contribution in [0.3, 0.4) is 0 Å². The van der Waals surface area contributed by atoms with Crippen molar-refractivity contribution in [2.24, 2.45) is 10.3 Å². The maximum atomic E-state index is 13.6. The van der Waals surface area contributed by atoms with Gasteiger partial charge in [-0.1, -0.05) is 56.2 Å². The molecule has 0 radical (unpaired) electrons. The van der Waals surface area contributed by atoms with Gasteiger partial charge in [0.25, 0.3) is 10.0 Å². The molecule has 2 aliphatic rings. The van der Waals surface area contributed by atoms with Crippen molar-refractivity contribution < 1.29 is 16.8 Å². The van der Waals surface area contributed by atoms with Gasteiger partial charge in [0, 0.05) is 13.1 Å². The highest BCUT2D eigenvalue weighted by Gasteiger charge is 2.43. The van der Waals surface area contributed by atoms with Gasteiger partial charge in [0.2, 0.25) is 10.0 Å². The number of rotatable bonds is 7. The van der Waals surface area contributed by atoms with Crippen molar-refractivity contribution in [3.05, 3.63) is 60.2 Å². The summed E-state index contributed by atoms with van der Waals surface area (Å²) in [6, 6.07) is 15.1. The summed E-state index contributed by atoms with van der Waals surface area (Å²) >= 11 is 0. The topological polar surface area (TPSA) is 90.4 Å². The molecule has 2 heterocycles. The lowest BCUT2D eigenvalue weighted by atomic mass is 10.1. The molecule has 0 aliphatic carbocycles. The Kier molecular flexibility index (Phi) is 8.18.